The van der Waals surface area contributed by atoms with Gasteiger partial charge in [0.25, 0.3) is 0 Å². The summed E-state index contributed by atoms with van der Waals surface area (Å²) in [6.45, 7) is 2.17. The third-order valence-corrected chi connectivity index (χ3v) is 4.10. The van der Waals surface area contributed by atoms with Gasteiger partial charge in [0, 0.05) is 12.0 Å². The van der Waals surface area contributed by atoms with Crippen LogP contribution in [0.2, 0.25) is 0 Å². The number of ether oxygens (including phenoxy) is 2. The summed E-state index contributed by atoms with van der Waals surface area (Å²) in [6, 6.07) is 4.05. The monoisotopic (exact) mass is 402 g/mol. The molecular weight excluding hydrogens is 379 g/mol. The minimum atomic E-state index is 0.584. The van der Waals surface area contributed by atoms with Crippen molar-refractivity contribution in [3.63, 3.8) is 0 Å². The number of aldehydes is 1. The first kappa shape index (κ1) is 18.0. The van der Waals surface area contributed by atoms with Crippen molar-refractivity contribution in [2.45, 2.75) is 39.0 Å². The largest absolute Gasteiger partial charge is 0.496 e. The molecule has 0 bridgehead atoms. The number of benzene rings is 1. The van der Waals surface area contributed by atoms with E-state index in [1.54, 1.807) is 14.2 Å². The third kappa shape index (κ3) is 5.69. The Hall–Kier alpha value is -1.04. The van der Waals surface area contributed by atoms with Gasteiger partial charge in [-0.3, -0.25) is 0 Å². The molecule has 1 rings (SSSR count). The van der Waals surface area contributed by atoms with Gasteiger partial charge in [0.05, 0.1) is 17.8 Å². The molecule has 0 aromatic heterocycles. The van der Waals surface area contributed by atoms with Crippen molar-refractivity contribution >= 4 is 28.9 Å². The van der Waals surface area contributed by atoms with E-state index in [1.807, 2.05) is 12.1 Å². The third-order valence-electron chi connectivity index (χ3n) is 3.26. The first-order chi connectivity index (χ1) is 10.2. The number of halogens is 1. The molecule has 1 aromatic carbocycles. The molecule has 0 saturated heterocycles. The van der Waals surface area contributed by atoms with E-state index in [1.165, 1.54) is 5.57 Å². The van der Waals surface area contributed by atoms with E-state index in [9.17, 15) is 4.79 Å². The Morgan fingerprint density at radius 2 is 1.90 bits per heavy atom. The van der Waals surface area contributed by atoms with Crippen LogP contribution in [0.15, 0.2) is 23.8 Å². The Kier molecular flexibility index (Phi) is 8.42. The molecule has 0 spiro atoms. The van der Waals surface area contributed by atoms with E-state index in [0.717, 1.165) is 52.6 Å². The fraction of sp³-hybridized carbons (Fsp3) is 0.471. The lowest BCUT2D eigenvalue weighted by molar-refractivity contribution is -0.107. The first-order valence-electron chi connectivity index (χ1n) is 7.18. The maximum Gasteiger partial charge on any atom is 0.132 e. The van der Waals surface area contributed by atoms with Crippen LogP contribution in [0.1, 0.15) is 38.2 Å². The fourth-order valence-electron chi connectivity index (χ4n) is 2.25. The summed E-state index contributed by atoms with van der Waals surface area (Å²) >= 11 is 2.25. The molecular formula is C17H23IO3. The van der Waals surface area contributed by atoms with Crippen LogP contribution in [0.5, 0.6) is 11.5 Å². The van der Waals surface area contributed by atoms with Crippen molar-refractivity contribution in [1.29, 1.82) is 0 Å². The van der Waals surface area contributed by atoms with Crippen molar-refractivity contribution in [3.8, 4) is 11.5 Å². The molecule has 1 aromatic rings. The van der Waals surface area contributed by atoms with Gasteiger partial charge in [-0.1, -0.05) is 25.0 Å². The van der Waals surface area contributed by atoms with Gasteiger partial charge in [0.1, 0.15) is 17.8 Å². The summed E-state index contributed by atoms with van der Waals surface area (Å²) < 4.78 is 11.9. The quantitative estimate of drug-likeness (QED) is 0.263. The second-order valence-corrected chi connectivity index (χ2v) is 5.99. The highest BCUT2D eigenvalue weighted by Gasteiger charge is 2.11. The van der Waals surface area contributed by atoms with Gasteiger partial charge in [-0.15, -0.1) is 0 Å². The maximum absolute atomic E-state index is 10.5. The number of rotatable bonds is 9. The molecule has 0 heterocycles. The van der Waals surface area contributed by atoms with E-state index >= 15 is 0 Å². The zero-order valence-corrected chi connectivity index (χ0v) is 15.1. The maximum atomic E-state index is 10.5. The van der Waals surface area contributed by atoms with Crippen LogP contribution in [0.3, 0.4) is 0 Å². The summed E-state index contributed by atoms with van der Waals surface area (Å²) in [5.74, 6) is 1.76. The number of unbranched alkanes of at least 4 members (excludes halogenated alkanes) is 1. The predicted octanol–water partition coefficient (Wildman–Crippen LogP) is 4.56. The lowest BCUT2D eigenvalue weighted by Crippen LogP contribution is -1.99. The van der Waals surface area contributed by atoms with E-state index in [-0.39, 0.29) is 0 Å². The van der Waals surface area contributed by atoms with Gasteiger partial charge in [-0.25, -0.2) is 0 Å². The van der Waals surface area contributed by atoms with Crippen LogP contribution in [-0.4, -0.2) is 20.5 Å². The average molecular weight is 402 g/mol. The second kappa shape index (κ2) is 9.82. The van der Waals surface area contributed by atoms with Gasteiger partial charge < -0.3 is 14.3 Å². The normalized spacial score (nSPS) is 11.3. The summed E-state index contributed by atoms with van der Waals surface area (Å²) in [7, 11) is 3.37. The Labute approximate surface area is 140 Å². The molecule has 3 nitrogen and oxygen atoms in total. The van der Waals surface area contributed by atoms with Crippen molar-refractivity contribution in [2.75, 3.05) is 14.2 Å². The molecule has 0 aliphatic carbocycles. The number of hydrogen-bond acceptors (Lipinski definition) is 3. The van der Waals surface area contributed by atoms with E-state index in [4.69, 9.17) is 9.47 Å². The van der Waals surface area contributed by atoms with Gasteiger partial charge >= 0.3 is 0 Å². The van der Waals surface area contributed by atoms with Crippen molar-refractivity contribution in [3.05, 3.63) is 32.9 Å². The van der Waals surface area contributed by atoms with Crippen LogP contribution in [0, 0.1) is 3.57 Å². The Bertz CT molecular complexity index is 495. The van der Waals surface area contributed by atoms with Gasteiger partial charge in [0.2, 0.25) is 0 Å². The van der Waals surface area contributed by atoms with Crippen molar-refractivity contribution in [2.24, 2.45) is 0 Å². The second-order valence-electron chi connectivity index (χ2n) is 4.83. The minimum absolute atomic E-state index is 0.584. The first-order valence-corrected chi connectivity index (χ1v) is 8.26. The number of carbonyl (C=O) groups is 1. The van der Waals surface area contributed by atoms with E-state index in [2.05, 4.69) is 35.6 Å². The number of allylic oxidation sites excluding steroid dienone is 2. The molecule has 21 heavy (non-hydrogen) atoms. The Balaban J connectivity index is 3.00. The van der Waals surface area contributed by atoms with Gasteiger partial charge in [-0.05, 0) is 54.0 Å². The molecule has 0 atom stereocenters. The lowest BCUT2D eigenvalue weighted by Gasteiger charge is -2.14. The molecule has 0 radical (unpaired) electrons. The van der Waals surface area contributed by atoms with Crippen molar-refractivity contribution in [1.82, 2.24) is 0 Å². The van der Waals surface area contributed by atoms with Gasteiger partial charge in [0.15, 0.2) is 0 Å². The molecule has 0 aliphatic heterocycles. The zero-order chi connectivity index (χ0) is 15.7. The molecule has 0 aliphatic rings. The van der Waals surface area contributed by atoms with Crippen LogP contribution < -0.4 is 9.47 Å². The van der Waals surface area contributed by atoms with Crippen LogP contribution >= 0.6 is 22.6 Å². The lowest BCUT2D eigenvalue weighted by atomic mass is 9.99. The summed E-state index contributed by atoms with van der Waals surface area (Å²) in [6.07, 6.45) is 7.51. The summed E-state index contributed by atoms with van der Waals surface area (Å²) in [5, 5.41) is 0. The highest BCUT2D eigenvalue weighted by molar-refractivity contribution is 14.1. The minimum Gasteiger partial charge on any atom is -0.496 e. The average Bonchev–Trinajstić information content (AvgIpc) is 2.48. The number of methoxy groups -OCH3 is 2. The van der Waals surface area contributed by atoms with Gasteiger partial charge in [-0.2, -0.15) is 0 Å². The Morgan fingerprint density at radius 1 is 1.19 bits per heavy atom. The smallest absolute Gasteiger partial charge is 0.132 e. The number of hydrogen-bond donors (Lipinski definition) is 0. The molecule has 0 unspecified atom stereocenters. The van der Waals surface area contributed by atoms with Crippen molar-refractivity contribution < 1.29 is 14.3 Å². The fourth-order valence-corrected chi connectivity index (χ4v) is 2.90. The topological polar surface area (TPSA) is 35.5 Å². The molecule has 0 saturated carbocycles. The summed E-state index contributed by atoms with van der Waals surface area (Å²) in [5.41, 5.74) is 2.47. The molecule has 0 amide bonds. The van der Waals surface area contributed by atoms with Crippen LogP contribution in [0.4, 0.5) is 0 Å². The standard InChI is InChI=1S/C17H23IO3/c1-4-7-13(8-5-6-9-19)10-14-11-17(21-3)15(18)12-16(14)20-2/h8-9,11-12H,4-7,10H2,1-3H3/b13-8+. The van der Waals surface area contributed by atoms with E-state index < -0.39 is 0 Å². The van der Waals surface area contributed by atoms with E-state index in [0.29, 0.717) is 6.42 Å². The SMILES string of the molecule is CCC/C(=C\CCC=O)Cc1cc(OC)c(I)cc1OC. The number of carbonyl (C=O) groups excluding carboxylic acids is 1. The predicted molar refractivity (Wildman–Crippen MR) is 94.3 cm³/mol. The molecule has 0 fully saturated rings. The Morgan fingerprint density at radius 3 is 2.48 bits per heavy atom. The zero-order valence-electron chi connectivity index (χ0n) is 12.9. The van der Waals surface area contributed by atoms with Crippen LogP contribution in [0.25, 0.3) is 0 Å². The summed E-state index contributed by atoms with van der Waals surface area (Å²) in [4.78, 5) is 10.5. The highest BCUT2D eigenvalue weighted by Crippen LogP contribution is 2.32. The molecule has 4 heteroatoms. The van der Waals surface area contributed by atoms with Crippen LogP contribution in [-0.2, 0) is 11.2 Å². The molecule has 116 valence electrons. The highest BCUT2D eigenvalue weighted by atomic mass is 127. The molecule has 0 N–H and O–H groups in total.